The summed E-state index contributed by atoms with van der Waals surface area (Å²) in [6, 6.07) is 0. The Balaban J connectivity index is 2.04. The van der Waals surface area contributed by atoms with Crippen LogP contribution in [-0.2, 0) is 0 Å². The molecule has 0 heterocycles. The Kier molecular flexibility index (Phi) is 2.51. The third-order valence-corrected chi connectivity index (χ3v) is 3.74. The molecule has 3 rings (SSSR count). The van der Waals surface area contributed by atoms with E-state index in [4.69, 9.17) is 0 Å². The first-order valence-corrected chi connectivity index (χ1v) is 6.44. The van der Waals surface area contributed by atoms with Crippen LogP contribution in [-0.4, -0.2) is 0 Å². The molecule has 0 aromatic rings. The number of rotatable bonds is 2. The molecule has 0 saturated carbocycles. The molecule has 0 bridgehead atoms. The smallest absolute Gasteiger partial charge is 0.0175 e. The maximum Gasteiger partial charge on any atom is 0.0175 e. The molecule has 0 aromatic heterocycles. The van der Waals surface area contributed by atoms with E-state index < -0.39 is 0 Å². The summed E-state index contributed by atoms with van der Waals surface area (Å²) < 4.78 is 0. The van der Waals surface area contributed by atoms with Crippen molar-refractivity contribution in [3.63, 3.8) is 0 Å². The largest absolute Gasteiger partial charge is 0.0798 e. The first-order chi connectivity index (χ1) is 8.25. The van der Waals surface area contributed by atoms with Gasteiger partial charge in [0.15, 0.2) is 0 Å². The Bertz CT molecular complexity index is 504. The van der Waals surface area contributed by atoms with E-state index >= 15 is 0 Å². The van der Waals surface area contributed by atoms with E-state index in [-0.39, 0.29) is 0 Å². The molecule has 0 spiro atoms. The van der Waals surface area contributed by atoms with Crippen LogP contribution in [0.15, 0.2) is 70.9 Å². The summed E-state index contributed by atoms with van der Waals surface area (Å²) in [5.41, 5.74) is 5.89. The number of fused-ring (bicyclic) bond motifs is 1. The molecular weight excluding hydrogens is 204 g/mol. The monoisotopic (exact) mass is 222 g/mol. The molecule has 0 amide bonds. The molecule has 3 aliphatic carbocycles. The van der Waals surface area contributed by atoms with Crippen molar-refractivity contribution in [1.29, 1.82) is 0 Å². The fraction of sp³-hybridized carbons (Fsp3) is 0.294. The van der Waals surface area contributed by atoms with E-state index in [0.29, 0.717) is 11.8 Å². The van der Waals surface area contributed by atoms with Gasteiger partial charge in [0.1, 0.15) is 0 Å². The molecule has 3 aliphatic rings. The second-order valence-corrected chi connectivity index (χ2v) is 5.24. The van der Waals surface area contributed by atoms with Gasteiger partial charge < -0.3 is 0 Å². The van der Waals surface area contributed by atoms with Crippen molar-refractivity contribution in [3.8, 4) is 0 Å². The van der Waals surface area contributed by atoms with E-state index in [1.165, 1.54) is 16.7 Å². The Morgan fingerprint density at radius 1 is 1.12 bits per heavy atom. The highest BCUT2D eigenvalue weighted by molar-refractivity contribution is 5.63. The topological polar surface area (TPSA) is 0 Å². The Labute approximate surface area is 103 Å². The molecule has 0 fully saturated rings. The second-order valence-electron chi connectivity index (χ2n) is 5.24. The highest BCUT2D eigenvalue weighted by Gasteiger charge is 2.22. The lowest BCUT2D eigenvalue weighted by molar-refractivity contribution is 0.794. The molecule has 0 unspecified atom stereocenters. The van der Waals surface area contributed by atoms with Crippen molar-refractivity contribution in [2.24, 2.45) is 11.8 Å². The van der Waals surface area contributed by atoms with Crippen LogP contribution < -0.4 is 0 Å². The molecule has 0 heteroatoms. The van der Waals surface area contributed by atoms with Crippen molar-refractivity contribution in [1.82, 2.24) is 0 Å². The zero-order valence-electron chi connectivity index (χ0n) is 10.5. The van der Waals surface area contributed by atoms with E-state index in [0.717, 1.165) is 6.42 Å². The predicted octanol–water partition coefficient (Wildman–Crippen LogP) is 4.51. The van der Waals surface area contributed by atoms with Gasteiger partial charge in [0.2, 0.25) is 0 Å². The minimum absolute atomic E-state index is 0.515. The highest BCUT2D eigenvalue weighted by Crippen LogP contribution is 2.38. The number of hydrogen-bond donors (Lipinski definition) is 0. The molecule has 86 valence electrons. The maximum atomic E-state index is 2.39. The summed E-state index contributed by atoms with van der Waals surface area (Å²) >= 11 is 0. The van der Waals surface area contributed by atoms with E-state index in [1.54, 1.807) is 5.57 Å². The van der Waals surface area contributed by atoms with Crippen molar-refractivity contribution in [3.05, 3.63) is 70.9 Å². The molecule has 0 aliphatic heterocycles. The van der Waals surface area contributed by atoms with Gasteiger partial charge >= 0.3 is 0 Å². The Morgan fingerprint density at radius 2 is 1.88 bits per heavy atom. The van der Waals surface area contributed by atoms with Gasteiger partial charge in [-0.05, 0) is 34.6 Å². The van der Waals surface area contributed by atoms with Crippen molar-refractivity contribution in [2.75, 3.05) is 0 Å². The summed E-state index contributed by atoms with van der Waals surface area (Å²) in [7, 11) is 0. The van der Waals surface area contributed by atoms with Gasteiger partial charge in [-0.25, -0.2) is 0 Å². The first kappa shape index (κ1) is 10.6. The average molecular weight is 222 g/mol. The van der Waals surface area contributed by atoms with Crippen LogP contribution in [0, 0.1) is 11.8 Å². The van der Waals surface area contributed by atoms with E-state index in [9.17, 15) is 0 Å². The van der Waals surface area contributed by atoms with Gasteiger partial charge in [-0.3, -0.25) is 0 Å². The molecule has 0 saturated heterocycles. The van der Waals surface area contributed by atoms with Crippen molar-refractivity contribution in [2.45, 2.75) is 20.3 Å². The summed E-state index contributed by atoms with van der Waals surface area (Å²) in [5, 5.41) is 0. The molecule has 0 aromatic carbocycles. The second kappa shape index (κ2) is 4.03. The van der Waals surface area contributed by atoms with E-state index in [1.807, 2.05) is 0 Å². The zero-order chi connectivity index (χ0) is 11.8. The first-order valence-electron chi connectivity index (χ1n) is 6.44. The third kappa shape index (κ3) is 1.78. The van der Waals surface area contributed by atoms with Gasteiger partial charge in [-0.15, -0.1) is 0 Å². The average Bonchev–Trinajstić information content (AvgIpc) is 2.97. The molecule has 0 radical (unpaired) electrons. The molecule has 0 nitrogen and oxygen atoms in total. The molecular formula is C17H18. The molecule has 17 heavy (non-hydrogen) atoms. The standard InChI is InChI=1S/C17H18/c1-12(2)15-10-14-8-5-9-16(17(14)11-15)13-6-3-4-7-13/h3-8,10-13H,9H2,1-2H3. The van der Waals surface area contributed by atoms with Crippen LogP contribution >= 0.6 is 0 Å². The number of allylic oxidation sites excluding steroid dienone is 12. The quantitative estimate of drug-likeness (QED) is 0.645. The van der Waals surface area contributed by atoms with Crippen LogP contribution in [0.4, 0.5) is 0 Å². The Morgan fingerprint density at radius 3 is 2.59 bits per heavy atom. The fourth-order valence-corrected chi connectivity index (χ4v) is 2.70. The normalized spacial score (nSPS) is 22.5. The lowest BCUT2D eigenvalue weighted by Gasteiger charge is -2.18. The summed E-state index contributed by atoms with van der Waals surface area (Å²) in [4.78, 5) is 0. The SMILES string of the molecule is CC(C)C1=CC2=C(C3C=CC=C3)CC=CC2=C1. The Hall–Kier alpha value is -1.56. The predicted molar refractivity (Wildman–Crippen MR) is 73.6 cm³/mol. The van der Waals surface area contributed by atoms with Crippen LogP contribution in [0.2, 0.25) is 0 Å². The maximum absolute atomic E-state index is 2.39. The van der Waals surface area contributed by atoms with Crippen LogP contribution in [0.3, 0.4) is 0 Å². The van der Waals surface area contributed by atoms with Crippen molar-refractivity contribution >= 4 is 0 Å². The van der Waals surface area contributed by atoms with Gasteiger partial charge in [0, 0.05) is 5.92 Å². The summed E-state index contributed by atoms with van der Waals surface area (Å²) in [6.45, 7) is 4.53. The minimum Gasteiger partial charge on any atom is -0.0798 e. The zero-order valence-corrected chi connectivity index (χ0v) is 10.5. The van der Waals surface area contributed by atoms with Crippen molar-refractivity contribution < 1.29 is 0 Å². The summed E-state index contributed by atoms with van der Waals surface area (Å²) in [5.74, 6) is 1.13. The summed E-state index contributed by atoms with van der Waals surface area (Å²) in [6.07, 6.45) is 19.3. The lowest BCUT2D eigenvalue weighted by Crippen LogP contribution is -2.02. The fourth-order valence-electron chi connectivity index (χ4n) is 2.70. The van der Waals surface area contributed by atoms with E-state index in [2.05, 4.69) is 62.5 Å². The molecule has 0 N–H and O–H groups in total. The highest BCUT2D eigenvalue weighted by atomic mass is 14.3. The van der Waals surface area contributed by atoms with Gasteiger partial charge in [0.25, 0.3) is 0 Å². The number of hydrogen-bond acceptors (Lipinski definition) is 0. The lowest BCUT2D eigenvalue weighted by atomic mass is 9.86. The third-order valence-electron chi connectivity index (χ3n) is 3.74. The van der Waals surface area contributed by atoms with Crippen LogP contribution in [0.25, 0.3) is 0 Å². The van der Waals surface area contributed by atoms with Gasteiger partial charge in [-0.2, -0.15) is 0 Å². The van der Waals surface area contributed by atoms with Gasteiger partial charge in [-0.1, -0.05) is 62.5 Å². The van der Waals surface area contributed by atoms with Crippen LogP contribution in [0.1, 0.15) is 20.3 Å². The molecule has 0 atom stereocenters. The van der Waals surface area contributed by atoms with Crippen LogP contribution in [0.5, 0.6) is 0 Å². The minimum atomic E-state index is 0.515. The van der Waals surface area contributed by atoms with Gasteiger partial charge in [0.05, 0.1) is 0 Å².